The standard InChI is InChI=1S/C7H9F3N2S/c8-7(9,10)6-2-4-12(11-6)3-1-5-13/h2,4,13H,1,3,5H2. The summed E-state index contributed by atoms with van der Waals surface area (Å²) in [5.41, 5.74) is -0.841. The lowest BCUT2D eigenvalue weighted by molar-refractivity contribution is -0.141. The van der Waals surface area contributed by atoms with Gasteiger partial charge in [0.15, 0.2) is 5.69 Å². The summed E-state index contributed by atoms with van der Waals surface area (Å²) in [6.07, 6.45) is -2.30. The number of hydrogen-bond acceptors (Lipinski definition) is 2. The van der Waals surface area contributed by atoms with E-state index in [0.717, 1.165) is 6.07 Å². The summed E-state index contributed by atoms with van der Waals surface area (Å²) in [6, 6.07) is 0.971. The van der Waals surface area contributed by atoms with Crippen LogP contribution in [0.2, 0.25) is 0 Å². The molecule has 0 saturated heterocycles. The maximum absolute atomic E-state index is 12.0. The highest BCUT2D eigenvalue weighted by molar-refractivity contribution is 7.80. The highest BCUT2D eigenvalue weighted by atomic mass is 32.1. The Morgan fingerprint density at radius 3 is 2.62 bits per heavy atom. The van der Waals surface area contributed by atoms with Crippen LogP contribution < -0.4 is 0 Å². The Hall–Kier alpha value is -0.650. The third-order valence-electron chi connectivity index (χ3n) is 1.48. The summed E-state index contributed by atoms with van der Waals surface area (Å²) in [6.45, 7) is 0.472. The van der Waals surface area contributed by atoms with Crippen molar-refractivity contribution >= 4 is 12.6 Å². The van der Waals surface area contributed by atoms with Gasteiger partial charge in [-0.2, -0.15) is 30.9 Å². The lowest BCUT2D eigenvalue weighted by Crippen LogP contribution is -2.08. The summed E-state index contributed by atoms with van der Waals surface area (Å²) < 4.78 is 37.4. The van der Waals surface area contributed by atoms with Crippen molar-refractivity contribution in [1.82, 2.24) is 9.78 Å². The Morgan fingerprint density at radius 1 is 1.46 bits per heavy atom. The van der Waals surface area contributed by atoms with Gasteiger partial charge in [-0.1, -0.05) is 0 Å². The third-order valence-corrected chi connectivity index (χ3v) is 1.79. The lowest BCUT2D eigenvalue weighted by Gasteiger charge is -2.01. The Bertz CT molecular complexity index is 269. The number of halogens is 3. The van der Waals surface area contributed by atoms with E-state index in [-0.39, 0.29) is 0 Å². The molecule has 0 amide bonds. The fourth-order valence-electron chi connectivity index (χ4n) is 0.870. The second-order valence-electron chi connectivity index (χ2n) is 2.54. The average Bonchev–Trinajstić information content (AvgIpc) is 2.47. The number of hydrogen-bond donors (Lipinski definition) is 1. The van der Waals surface area contributed by atoms with Crippen LogP contribution in [0.15, 0.2) is 12.3 Å². The van der Waals surface area contributed by atoms with Crippen molar-refractivity contribution in [2.45, 2.75) is 19.1 Å². The van der Waals surface area contributed by atoms with Crippen molar-refractivity contribution in [2.75, 3.05) is 5.75 Å². The Kier molecular flexibility index (Phi) is 3.24. The molecule has 0 bridgehead atoms. The molecule has 0 spiro atoms. The van der Waals surface area contributed by atoms with E-state index < -0.39 is 11.9 Å². The molecule has 1 aromatic heterocycles. The van der Waals surface area contributed by atoms with Crippen LogP contribution in [0.3, 0.4) is 0 Å². The fraction of sp³-hybridized carbons (Fsp3) is 0.571. The number of thiol groups is 1. The van der Waals surface area contributed by atoms with E-state index >= 15 is 0 Å². The topological polar surface area (TPSA) is 17.8 Å². The molecule has 0 fully saturated rings. The molecule has 2 nitrogen and oxygen atoms in total. The van der Waals surface area contributed by atoms with Gasteiger partial charge in [-0.05, 0) is 18.2 Å². The van der Waals surface area contributed by atoms with E-state index in [1.54, 1.807) is 0 Å². The van der Waals surface area contributed by atoms with Gasteiger partial charge < -0.3 is 0 Å². The summed E-state index contributed by atoms with van der Waals surface area (Å²) in [7, 11) is 0. The number of rotatable bonds is 3. The van der Waals surface area contributed by atoms with Gasteiger partial charge in [0.1, 0.15) is 0 Å². The van der Waals surface area contributed by atoms with Gasteiger partial charge in [-0.15, -0.1) is 0 Å². The molecule has 0 radical (unpaired) electrons. The van der Waals surface area contributed by atoms with Crippen molar-refractivity contribution in [2.24, 2.45) is 0 Å². The predicted molar refractivity (Wildman–Crippen MR) is 45.7 cm³/mol. The molecule has 74 valence electrons. The van der Waals surface area contributed by atoms with E-state index in [4.69, 9.17) is 0 Å². The third kappa shape index (κ3) is 2.95. The van der Waals surface area contributed by atoms with Crippen molar-refractivity contribution < 1.29 is 13.2 Å². The first-order valence-corrected chi connectivity index (χ1v) is 4.39. The molecule has 0 aliphatic heterocycles. The second kappa shape index (κ2) is 4.04. The minimum atomic E-state index is -4.34. The second-order valence-corrected chi connectivity index (χ2v) is 2.99. The number of aryl methyl sites for hydroxylation is 1. The van der Waals surface area contributed by atoms with Gasteiger partial charge in [0.2, 0.25) is 0 Å². The van der Waals surface area contributed by atoms with Crippen LogP contribution in [0.5, 0.6) is 0 Å². The molecule has 0 aliphatic carbocycles. The largest absolute Gasteiger partial charge is 0.435 e. The SMILES string of the molecule is FC(F)(F)c1ccn(CCCS)n1. The van der Waals surface area contributed by atoms with Crippen LogP contribution in [0.4, 0.5) is 13.2 Å². The van der Waals surface area contributed by atoms with Crippen molar-refractivity contribution in [1.29, 1.82) is 0 Å². The lowest BCUT2D eigenvalue weighted by atomic mass is 10.4. The van der Waals surface area contributed by atoms with E-state index in [1.165, 1.54) is 10.9 Å². The molecule has 6 heteroatoms. The van der Waals surface area contributed by atoms with Gasteiger partial charge in [0.05, 0.1) is 0 Å². The number of alkyl halides is 3. The summed E-state index contributed by atoms with van der Waals surface area (Å²) in [5.74, 6) is 0.640. The van der Waals surface area contributed by atoms with E-state index in [9.17, 15) is 13.2 Å². The van der Waals surface area contributed by atoms with Gasteiger partial charge in [-0.25, -0.2) is 0 Å². The first kappa shape index (κ1) is 10.4. The minimum absolute atomic E-state index is 0.472. The van der Waals surface area contributed by atoms with Gasteiger partial charge in [0.25, 0.3) is 0 Å². The maximum Gasteiger partial charge on any atom is 0.435 e. The normalized spacial score (nSPS) is 12.0. The maximum atomic E-state index is 12.0. The Balaban J connectivity index is 2.64. The monoisotopic (exact) mass is 210 g/mol. The van der Waals surface area contributed by atoms with Crippen molar-refractivity contribution in [3.05, 3.63) is 18.0 Å². The van der Waals surface area contributed by atoms with Crippen molar-refractivity contribution in [3.8, 4) is 0 Å². The molecule has 1 heterocycles. The molecule has 0 saturated carbocycles. The van der Waals surface area contributed by atoms with Crippen molar-refractivity contribution in [3.63, 3.8) is 0 Å². The Morgan fingerprint density at radius 2 is 2.15 bits per heavy atom. The molecule has 0 aromatic carbocycles. The zero-order valence-electron chi connectivity index (χ0n) is 6.75. The quantitative estimate of drug-likeness (QED) is 0.757. The summed E-state index contributed by atoms with van der Waals surface area (Å²) in [4.78, 5) is 0. The molecule has 1 aromatic rings. The first-order valence-electron chi connectivity index (χ1n) is 3.75. The molecular formula is C7H9F3N2S. The minimum Gasteiger partial charge on any atom is -0.272 e. The number of aromatic nitrogens is 2. The van der Waals surface area contributed by atoms with Crippen LogP contribution in [0.1, 0.15) is 12.1 Å². The molecule has 0 N–H and O–H groups in total. The van der Waals surface area contributed by atoms with Crippen LogP contribution >= 0.6 is 12.6 Å². The summed E-state index contributed by atoms with van der Waals surface area (Å²) >= 11 is 3.95. The van der Waals surface area contributed by atoms with Crippen LogP contribution in [0, 0.1) is 0 Å². The zero-order chi connectivity index (χ0) is 9.90. The van der Waals surface area contributed by atoms with E-state index in [2.05, 4.69) is 17.7 Å². The highest BCUT2D eigenvalue weighted by Gasteiger charge is 2.33. The van der Waals surface area contributed by atoms with E-state index in [0.29, 0.717) is 18.7 Å². The molecule has 0 atom stereocenters. The smallest absolute Gasteiger partial charge is 0.272 e. The molecular weight excluding hydrogens is 201 g/mol. The molecule has 1 rings (SSSR count). The van der Waals surface area contributed by atoms with Crippen LogP contribution in [-0.4, -0.2) is 15.5 Å². The zero-order valence-corrected chi connectivity index (χ0v) is 7.65. The Labute approximate surface area is 79.2 Å². The van der Waals surface area contributed by atoms with Crippen LogP contribution in [0.25, 0.3) is 0 Å². The summed E-state index contributed by atoms with van der Waals surface area (Å²) in [5, 5.41) is 3.38. The predicted octanol–water partition coefficient (Wildman–Crippen LogP) is 2.22. The first-order chi connectivity index (χ1) is 6.04. The molecule has 0 aliphatic rings. The van der Waals surface area contributed by atoms with Crippen LogP contribution in [-0.2, 0) is 12.7 Å². The number of nitrogens with zero attached hydrogens (tertiary/aromatic N) is 2. The molecule has 13 heavy (non-hydrogen) atoms. The van der Waals surface area contributed by atoms with E-state index in [1.807, 2.05) is 0 Å². The van der Waals surface area contributed by atoms with Gasteiger partial charge >= 0.3 is 6.18 Å². The van der Waals surface area contributed by atoms with Gasteiger partial charge in [0, 0.05) is 12.7 Å². The van der Waals surface area contributed by atoms with Gasteiger partial charge in [-0.3, -0.25) is 4.68 Å². The highest BCUT2D eigenvalue weighted by Crippen LogP contribution is 2.27. The molecule has 0 unspecified atom stereocenters. The average molecular weight is 210 g/mol. The fourth-order valence-corrected chi connectivity index (χ4v) is 1.01.